The van der Waals surface area contributed by atoms with Gasteiger partial charge < -0.3 is 9.84 Å². The third-order valence-electron chi connectivity index (χ3n) is 5.50. The molecule has 2 amide bonds. The Hall–Kier alpha value is -3.49. The number of carbonyl (C=O) groups is 2. The van der Waals surface area contributed by atoms with Crippen LogP contribution in [0.15, 0.2) is 77.7 Å². The number of ether oxygens (including phenoxy) is 1. The van der Waals surface area contributed by atoms with E-state index in [4.69, 9.17) is 9.94 Å². The summed E-state index contributed by atoms with van der Waals surface area (Å²) in [7, 11) is 0. The lowest BCUT2D eigenvalue weighted by molar-refractivity contribution is -0.124. The van der Waals surface area contributed by atoms with Gasteiger partial charge in [0.25, 0.3) is 5.91 Å². The lowest BCUT2D eigenvalue weighted by Crippen LogP contribution is -2.22. The fourth-order valence-corrected chi connectivity index (χ4v) is 4.12. The van der Waals surface area contributed by atoms with E-state index in [2.05, 4.69) is 5.32 Å². The van der Waals surface area contributed by atoms with Gasteiger partial charge in [-0.15, -0.1) is 11.8 Å². The molecule has 7 nitrogen and oxygen atoms in total. The number of hydrogen-bond acceptors (Lipinski definition) is 6. The van der Waals surface area contributed by atoms with Crippen LogP contribution in [0, 0.1) is 5.92 Å². The molecule has 8 heteroatoms. The molecule has 0 fully saturated rings. The van der Waals surface area contributed by atoms with Crippen molar-refractivity contribution in [2.45, 2.75) is 30.8 Å². The number of allylic oxidation sites excluding steroid dienone is 1. The van der Waals surface area contributed by atoms with Gasteiger partial charge in [-0.3, -0.25) is 15.3 Å². The number of benzene rings is 3. The molecular formula is C26H28N2O5S. The third-order valence-corrected chi connectivity index (χ3v) is 6.24. The van der Waals surface area contributed by atoms with Gasteiger partial charge in [-0.1, -0.05) is 43.3 Å². The molecule has 0 bridgehead atoms. The summed E-state index contributed by atoms with van der Waals surface area (Å²) < 4.78 is 5.93. The second-order valence-electron chi connectivity index (χ2n) is 7.83. The Balaban J connectivity index is 1.84. The molecule has 4 N–H and O–H groups in total. The number of anilines is 1. The highest BCUT2D eigenvalue weighted by atomic mass is 32.2. The van der Waals surface area contributed by atoms with Crippen molar-refractivity contribution in [3.05, 3.63) is 78.4 Å². The summed E-state index contributed by atoms with van der Waals surface area (Å²) in [6.45, 7) is 1.97. The van der Waals surface area contributed by atoms with E-state index in [0.717, 1.165) is 15.8 Å². The molecule has 34 heavy (non-hydrogen) atoms. The molecule has 178 valence electrons. The smallest absolute Gasteiger partial charge is 0.412 e. The number of fused-ring (bicyclic) bond motifs is 1. The Bertz CT molecular complexity index is 1160. The molecule has 0 radical (unpaired) electrons. The van der Waals surface area contributed by atoms with Crippen molar-refractivity contribution >= 4 is 40.2 Å². The van der Waals surface area contributed by atoms with Gasteiger partial charge in [0.2, 0.25) is 0 Å². The van der Waals surface area contributed by atoms with Gasteiger partial charge in [0.05, 0.1) is 0 Å². The molecule has 0 saturated heterocycles. The number of hydrogen-bond donors (Lipinski definition) is 4. The summed E-state index contributed by atoms with van der Waals surface area (Å²) in [6, 6.07) is 18.3. The Morgan fingerprint density at radius 1 is 1.06 bits per heavy atom. The first-order chi connectivity index (χ1) is 16.4. The second kappa shape index (κ2) is 12.1. The van der Waals surface area contributed by atoms with E-state index in [1.165, 1.54) is 6.08 Å². The van der Waals surface area contributed by atoms with E-state index in [9.17, 15) is 14.7 Å². The highest BCUT2D eigenvalue weighted by molar-refractivity contribution is 7.98. The minimum Gasteiger partial charge on any atom is -0.507 e. The molecule has 0 unspecified atom stereocenters. The van der Waals surface area contributed by atoms with Crippen molar-refractivity contribution < 1.29 is 24.6 Å². The van der Waals surface area contributed by atoms with Crippen molar-refractivity contribution in [1.29, 1.82) is 0 Å². The Morgan fingerprint density at radius 3 is 2.44 bits per heavy atom. The largest absolute Gasteiger partial charge is 0.507 e. The van der Waals surface area contributed by atoms with Crippen LogP contribution >= 0.6 is 11.8 Å². The number of carbonyl (C=O) groups excluding carboxylic acids is 2. The van der Waals surface area contributed by atoms with E-state index in [1.54, 1.807) is 35.5 Å². The first kappa shape index (κ1) is 25.1. The Morgan fingerprint density at radius 2 is 1.76 bits per heavy atom. The van der Waals surface area contributed by atoms with Gasteiger partial charge in [0, 0.05) is 27.6 Å². The van der Waals surface area contributed by atoms with E-state index in [0.29, 0.717) is 23.9 Å². The first-order valence-corrected chi connectivity index (χ1v) is 12.1. The summed E-state index contributed by atoms with van der Waals surface area (Å²) in [6.07, 6.45) is 4.87. The molecule has 0 saturated carbocycles. The van der Waals surface area contributed by atoms with Gasteiger partial charge in [-0.25, -0.2) is 10.3 Å². The van der Waals surface area contributed by atoms with Gasteiger partial charge in [0.15, 0.2) is 0 Å². The van der Waals surface area contributed by atoms with E-state index in [1.807, 2.05) is 61.7 Å². The zero-order valence-corrected chi connectivity index (χ0v) is 19.8. The Labute approximate surface area is 202 Å². The van der Waals surface area contributed by atoms with Crippen molar-refractivity contribution in [3.63, 3.8) is 0 Å². The van der Waals surface area contributed by atoms with E-state index in [-0.39, 0.29) is 11.7 Å². The number of aromatic hydroxyl groups is 1. The average molecular weight is 481 g/mol. The van der Waals surface area contributed by atoms with Crippen LogP contribution in [-0.4, -0.2) is 28.6 Å². The van der Waals surface area contributed by atoms with Crippen LogP contribution < -0.4 is 10.8 Å². The Kier molecular flexibility index (Phi) is 8.95. The predicted octanol–water partition coefficient (Wildman–Crippen LogP) is 6.04. The van der Waals surface area contributed by atoms with Crippen molar-refractivity contribution in [1.82, 2.24) is 5.48 Å². The molecule has 0 aliphatic rings. The SMILES string of the molecule is CSc1ccc(NC(=O)O[C@H](c2ccc(O)c3ccccc23)[C@@H](C)CC/C=C/C(=O)NO)cc1. The molecular weight excluding hydrogens is 452 g/mol. The van der Waals surface area contributed by atoms with E-state index >= 15 is 0 Å². The number of phenolic OH excluding ortho intramolecular Hbond substituents is 1. The molecule has 0 aliphatic carbocycles. The number of nitrogens with one attached hydrogen (secondary N) is 2. The highest BCUT2D eigenvalue weighted by Gasteiger charge is 2.26. The minimum absolute atomic E-state index is 0.112. The quantitative estimate of drug-likeness (QED) is 0.129. The molecule has 2 atom stereocenters. The molecule has 3 aromatic carbocycles. The highest BCUT2D eigenvalue weighted by Crippen LogP contribution is 2.37. The fraction of sp³-hybridized carbons (Fsp3) is 0.231. The number of phenols is 1. The summed E-state index contributed by atoms with van der Waals surface area (Å²) in [5.41, 5.74) is 2.97. The molecule has 0 spiro atoms. The van der Waals surface area contributed by atoms with Crippen LogP contribution in [0.3, 0.4) is 0 Å². The lowest BCUT2D eigenvalue weighted by atomic mass is 9.89. The zero-order chi connectivity index (χ0) is 24.5. The minimum atomic E-state index is -0.601. The predicted molar refractivity (Wildman–Crippen MR) is 134 cm³/mol. The zero-order valence-electron chi connectivity index (χ0n) is 19.0. The van der Waals surface area contributed by atoms with Crippen molar-refractivity contribution in [2.75, 3.05) is 11.6 Å². The van der Waals surface area contributed by atoms with Gasteiger partial charge >= 0.3 is 6.09 Å². The lowest BCUT2D eigenvalue weighted by Gasteiger charge is -2.26. The van der Waals surface area contributed by atoms with Gasteiger partial charge in [-0.2, -0.15) is 0 Å². The van der Waals surface area contributed by atoms with Crippen molar-refractivity contribution in [2.24, 2.45) is 5.92 Å². The first-order valence-electron chi connectivity index (χ1n) is 10.9. The maximum atomic E-state index is 12.8. The number of rotatable bonds is 9. The standard InChI is InChI=1S/C26H28N2O5S/c1-17(7-3-6-10-24(30)28-32)25(22-15-16-23(29)21-9-5-4-8-20(21)22)33-26(31)27-18-11-13-19(34-2)14-12-18/h4-6,8-17,25,29,32H,3,7H2,1-2H3,(H,27,31)(H,28,30)/b10-6+/t17-,25-/m0/s1. The summed E-state index contributed by atoms with van der Waals surface area (Å²) in [5, 5.41) is 23.2. The number of thioether (sulfide) groups is 1. The number of hydroxylamine groups is 1. The van der Waals surface area contributed by atoms with Crippen LogP contribution in [0.25, 0.3) is 10.8 Å². The van der Waals surface area contributed by atoms with Crippen LogP contribution in [0.1, 0.15) is 31.4 Å². The molecule has 0 aromatic heterocycles. The number of amides is 2. The summed E-state index contributed by atoms with van der Waals surface area (Å²) in [5.74, 6) is -0.557. The van der Waals surface area contributed by atoms with E-state index < -0.39 is 18.1 Å². The monoisotopic (exact) mass is 480 g/mol. The normalized spacial score (nSPS) is 12.9. The molecule has 0 aliphatic heterocycles. The van der Waals surface area contributed by atoms with Gasteiger partial charge in [-0.05, 0) is 60.7 Å². The third kappa shape index (κ3) is 6.52. The van der Waals surface area contributed by atoms with Crippen LogP contribution in [0.2, 0.25) is 0 Å². The molecule has 3 aromatic rings. The topological polar surface area (TPSA) is 108 Å². The van der Waals surface area contributed by atoms with Crippen LogP contribution in [0.5, 0.6) is 5.75 Å². The molecule has 0 heterocycles. The maximum Gasteiger partial charge on any atom is 0.412 e. The second-order valence-corrected chi connectivity index (χ2v) is 8.71. The molecule has 3 rings (SSSR count). The summed E-state index contributed by atoms with van der Waals surface area (Å²) in [4.78, 5) is 25.1. The van der Waals surface area contributed by atoms with Crippen LogP contribution in [0.4, 0.5) is 10.5 Å². The van der Waals surface area contributed by atoms with Crippen LogP contribution in [-0.2, 0) is 9.53 Å². The maximum absolute atomic E-state index is 12.8. The fourth-order valence-electron chi connectivity index (χ4n) is 3.72. The summed E-state index contributed by atoms with van der Waals surface area (Å²) >= 11 is 1.61. The van der Waals surface area contributed by atoms with Gasteiger partial charge in [0.1, 0.15) is 11.9 Å². The van der Waals surface area contributed by atoms with Crippen molar-refractivity contribution in [3.8, 4) is 5.75 Å². The average Bonchev–Trinajstić information content (AvgIpc) is 2.86.